The van der Waals surface area contributed by atoms with Gasteiger partial charge in [0.1, 0.15) is 6.10 Å². The Kier molecular flexibility index (Phi) is 5.57. The van der Waals surface area contributed by atoms with E-state index < -0.39 is 16.1 Å². The van der Waals surface area contributed by atoms with Gasteiger partial charge >= 0.3 is 0 Å². The van der Waals surface area contributed by atoms with Gasteiger partial charge in [0.05, 0.1) is 24.5 Å². The number of sulfonamides is 1. The molecule has 1 aliphatic rings. The van der Waals surface area contributed by atoms with E-state index in [1.807, 2.05) is 49.3 Å². The Hall–Kier alpha value is -2.00. The number of fused-ring (bicyclic) bond motifs is 1. The largest absolute Gasteiger partial charge is 0.385 e. The maximum Gasteiger partial charge on any atom is 0.236 e. The van der Waals surface area contributed by atoms with E-state index in [2.05, 4.69) is 5.10 Å². The van der Waals surface area contributed by atoms with E-state index in [0.717, 1.165) is 11.3 Å². The van der Waals surface area contributed by atoms with Crippen LogP contribution in [0.2, 0.25) is 0 Å². The Balaban J connectivity index is 1.73. The molecule has 1 aliphatic heterocycles. The van der Waals surface area contributed by atoms with Crippen molar-refractivity contribution in [2.24, 2.45) is 0 Å². The maximum absolute atomic E-state index is 12.6. The van der Waals surface area contributed by atoms with E-state index in [0.29, 0.717) is 25.3 Å². The molecular weight excluding hydrogens is 352 g/mol. The number of benzene rings is 1. The fraction of sp³-hybridized carbons (Fsp3) is 0.389. The van der Waals surface area contributed by atoms with Crippen molar-refractivity contribution in [2.45, 2.75) is 19.2 Å². The van der Waals surface area contributed by atoms with Crippen molar-refractivity contribution in [3.63, 3.8) is 0 Å². The van der Waals surface area contributed by atoms with Crippen LogP contribution in [0.3, 0.4) is 0 Å². The quantitative estimate of drug-likeness (QED) is 0.822. The van der Waals surface area contributed by atoms with Crippen molar-refractivity contribution in [1.82, 2.24) is 19.0 Å². The molecule has 1 aromatic heterocycles. The first-order chi connectivity index (χ1) is 12.3. The highest BCUT2D eigenvalue weighted by Gasteiger charge is 2.27. The zero-order valence-electron chi connectivity index (χ0n) is 15.0. The van der Waals surface area contributed by atoms with Crippen LogP contribution in [0, 0.1) is 0 Å². The lowest BCUT2D eigenvalue weighted by molar-refractivity contribution is 0.133. The molecule has 0 fully saturated rings. The van der Waals surface area contributed by atoms with Gasteiger partial charge in [-0.2, -0.15) is 9.40 Å². The molecule has 1 atom stereocenters. The third-order valence-electron chi connectivity index (χ3n) is 4.25. The summed E-state index contributed by atoms with van der Waals surface area (Å²) < 4.78 is 28.4. The SMILES string of the molecule is CN(C)C[C@@H](O)c1cc2n(n1)CCN(S(=O)(=O)/C=C/c1ccccc1)C2. The van der Waals surface area contributed by atoms with Crippen molar-refractivity contribution < 1.29 is 13.5 Å². The maximum atomic E-state index is 12.6. The van der Waals surface area contributed by atoms with E-state index in [-0.39, 0.29) is 6.54 Å². The van der Waals surface area contributed by atoms with Crippen LogP contribution in [0.15, 0.2) is 41.8 Å². The van der Waals surface area contributed by atoms with Crippen LogP contribution < -0.4 is 0 Å². The number of likely N-dealkylation sites (N-methyl/N-ethyl adjacent to an activating group) is 1. The predicted molar refractivity (Wildman–Crippen MR) is 101 cm³/mol. The van der Waals surface area contributed by atoms with Crippen LogP contribution in [0.5, 0.6) is 0 Å². The zero-order chi connectivity index (χ0) is 18.7. The van der Waals surface area contributed by atoms with Gasteiger partial charge in [0.2, 0.25) is 10.0 Å². The van der Waals surface area contributed by atoms with Crippen LogP contribution in [-0.4, -0.2) is 59.7 Å². The lowest BCUT2D eigenvalue weighted by atomic mass is 10.2. The summed E-state index contributed by atoms with van der Waals surface area (Å²) in [5.74, 6) is 0. The first-order valence-corrected chi connectivity index (χ1v) is 9.98. The normalized spacial score (nSPS) is 16.9. The van der Waals surface area contributed by atoms with E-state index in [1.54, 1.807) is 16.8 Å². The van der Waals surface area contributed by atoms with Crippen molar-refractivity contribution in [2.75, 3.05) is 27.2 Å². The van der Waals surface area contributed by atoms with Crippen molar-refractivity contribution in [3.05, 3.63) is 58.8 Å². The minimum Gasteiger partial charge on any atom is -0.385 e. The summed E-state index contributed by atoms with van der Waals surface area (Å²) in [5, 5.41) is 15.9. The van der Waals surface area contributed by atoms with Crippen LogP contribution in [0.1, 0.15) is 23.1 Å². The first kappa shape index (κ1) is 18.8. The number of aliphatic hydroxyl groups excluding tert-OH is 1. The molecular formula is C18H24N4O3S. The Morgan fingerprint density at radius 3 is 2.69 bits per heavy atom. The second kappa shape index (κ2) is 7.71. The standard InChI is InChI=1S/C18H24N4O3S/c1-20(2)14-18(23)17-12-16-13-21(9-10-22(16)19-17)26(24,25)11-8-15-6-4-3-5-7-15/h3-8,11-12,18,23H,9-10,13-14H2,1-2H3/b11-8+/t18-/m1/s1. The van der Waals surface area contributed by atoms with Gasteiger partial charge in [0.15, 0.2) is 0 Å². The number of hydrogen-bond donors (Lipinski definition) is 1. The highest BCUT2D eigenvalue weighted by atomic mass is 32.2. The molecule has 0 radical (unpaired) electrons. The Labute approximate surface area is 154 Å². The minimum absolute atomic E-state index is 0.253. The average Bonchev–Trinajstić information content (AvgIpc) is 3.04. The molecule has 8 heteroatoms. The van der Waals surface area contributed by atoms with Crippen molar-refractivity contribution in [1.29, 1.82) is 0 Å². The number of rotatable bonds is 6. The molecule has 2 aromatic rings. The molecule has 7 nitrogen and oxygen atoms in total. The number of hydrogen-bond acceptors (Lipinski definition) is 5. The van der Waals surface area contributed by atoms with E-state index in [4.69, 9.17) is 0 Å². The molecule has 0 amide bonds. The molecule has 0 saturated carbocycles. The van der Waals surface area contributed by atoms with Crippen LogP contribution >= 0.6 is 0 Å². The second-order valence-corrected chi connectivity index (χ2v) is 8.47. The molecule has 1 aromatic carbocycles. The summed E-state index contributed by atoms with van der Waals surface area (Å²) in [6.07, 6.45) is 0.916. The van der Waals surface area contributed by atoms with Gasteiger partial charge in [-0.05, 0) is 31.8 Å². The molecule has 0 bridgehead atoms. The minimum atomic E-state index is -3.51. The van der Waals surface area contributed by atoms with E-state index in [9.17, 15) is 13.5 Å². The van der Waals surface area contributed by atoms with Gasteiger partial charge in [-0.1, -0.05) is 30.3 Å². The lowest BCUT2D eigenvalue weighted by Gasteiger charge is -2.25. The number of aromatic nitrogens is 2. The predicted octanol–water partition coefficient (Wildman–Crippen LogP) is 1.29. The van der Waals surface area contributed by atoms with Gasteiger partial charge in [0.25, 0.3) is 0 Å². The van der Waals surface area contributed by atoms with E-state index in [1.165, 1.54) is 9.71 Å². The molecule has 1 N–H and O–H groups in total. The molecule has 140 valence electrons. The first-order valence-electron chi connectivity index (χ1n) is 8.48. The molecule has 0 spiro atoms. The van der Waals surface area contributed by atoms with Crippen LogP contribution in [-0.2, 0) is 23.1 Å². The highest BCUT2D eigenvalue weighted by Crippen LogP contribution is 2.21. The van der Waals surface area contributed by atoms with Crippen LogP contribution in [0.25, 0.3) is 6.08 Å². The molecule has 26 heavy (non-hydrogen) atoms. The Bertz CT molecular complexity index is 875. The fourth-order valence-electron chi connectivity index (χ4n) is 2.90. The van der Waals surface area contributed by atoms with E-state index >= 15 is 0 Å². The summed E-state index contributed by atoms with van der Waals surface area (Å²) in [6, 6.07) is 11.1. The van der Waals surface area contributed by atoms with Crippen molar-refractivity contribution >= 4 is 16.1 Å². The molecule has 0 saturated heterocycles. The Morgan fingerprint density at radius 2 is 2.00 bits per heavy atom. The summed E-state index contributed by atoms with van der Waals surface area (Å²) >= 11 is 0. The molecule has 3 rings (SSSR count). The average molecular weight is 376 g/mol. The summed E-state index contributed by atoms with van der Waals surface area (Å²) in [7, 11) is 0.250. The second-order valence-electron chi connectivity index (χ2n) is 6.65. The summed E-state index contributed by atoms with van der Waals surface area (Å²) in [5.41, 5.74) is 2.21. The van der Waals surface area contributed by atoms with Gasteiger partial charge in [-0.15, -0.1) is 0 Å². The van der Waals surface area contributed by atoms with Crippen molar-refractivity contribution in [3.8, 4) is 0 Å². The fourth-order valence-corrected chi connectivity index (χ4v) is 4.05. The molecule has 0 unspecified atom stereocenters. The third-order valence-corrected chi connectivity index (χ3v) is 5.76. The lowest BCUT2D eigenvalue weighted by Crippen LogP contribution is -2.37. The van der Waals surface area contributed by atoms with Gasteiger partial charge in [-0.3, -0.25) is 4.68 Å². The monoisotopic (exact) mass is 376 g/mol. The Morgan fingerprint density at radius 1 is 1.27 bits per heavy atom. The zero-order valence-corrected chi connectivity index (χ0v) is 15.8. The number of nitrogens with zero attached hydrogens (tertiary/aromatic N) is 4. The third kappa shape index (κ3) is 4.39. The molecule has 2 heterocycles. The number of aliphatic hydroxyl groups is 1. The molecule has 0 aliphatic carbocycles. The summed E-state index contributed by atoms with van der Waals surface area (Å²) in [4.78, 5) is 1.88. The van der Waals surface area contributed by atoms with Gasteiger partial charge in [0, 0.05) is 18.5 Å². The smallest absolute Gasteiger partial charge is 0.236 e. The topological polar surface area (TPSA) is 78.7 Å². The van der Waals surface area contributed by atoms with Gasteiger partial charge in [-0.25, -0.2) is 8.42 Å². The highest BCUT2D eigenvalue weighted by molar-refractivity contribution is 7.92. The summed E-state index contributed by atoms with van der Waals surface area (Å²) in [6.45, 7) is 1.56. The van der Waals surface area contributed by atoms with Crippen LogP contribution in [0.4, 0.5) is 0 Å². The van der Waals surface area contributed by atoms with Gasteiger partial charge < -0.3 is 10.0 Å².